The number of hydrogen-bond acceptors (Lipinski definition) is 8. The third kappa shape index (κ3) is 4.87. The van der Waals surface area contributed by atoms with Crippen LogP contribution in [0.1, 0.15) is 48.7 Å². The third-order valence-corrected chi connectivity index (χ3v) is 11.4. The number of benzene rings is 2. The molecule has 0 saturated carbocycles. The Morgan fingerprint density at radius 2 is 1.50 bits per heavy atom. The number of aromatic nitrogens is 2. The molecular formula is C32H38N8S2. The number of thioether (sulfide) groups is 2. The molecule has 0 amide bonds. The van der Waals surface area contributed by atoms with Crippen LogP contribution in [0.2, 0.25) is 0 Å². The van der Waals surface area contributed by atoms with Crippen molar-refractivity contribution in [2.45, 2.75) is 43.8 Å². The van der Waals surface area contributed by atoms with Gasteiger partial charge in [-0.15, -0.1) is 23.5 Å². The number of rotatable bonds is 6. The van der Waals surface area contributed by atoms with Crippen LogP contribution in [0, 0.1) is 0 Å². The van der Waals surface area contributed by atoms with Crippen LogP contribution in [-0.2, 0) is 0 Å². The zero-order valence-corrected chi connectivity index (χ0v) is 25.4. The number of anilines is 1. The van der Waals surface area contributed by atoms with Gasteiger partial charge in [-0.1, -0.05) is 30.3 Å². The first-order valence-corrected chi connectivity index (χ1v) is 17.3. The van der Waals surface area contributed by atoms with Crippen molar-refractivity contribution in [3.05, 3.63) is 65.5 Å². The number of nitrogens with two attached hydrogens (primary N) is 1. The van der Waals surface area contributed by atoms with Gasteiger partial charge in [-0.3, -0.25) is 14.9 Å². The van der Waals surface area contributed by atoms with Crippen molar-refractivity contribution in [1.29, 1.82) is 0 Å². The van der Waals surface area contributed by atoms with Gasteiger partial charge in [-0.2, -0.15) is 0 Å². The van der Waals surface area contributed by atoms with E-state index in [0.29, 0.717) is 6.04 Å². The maximum Gasteiger partial charge on any atom is 0.114 e. The number of nitrogens with zero attached hydrogens (tertiary/aromatic N) is 4. The number of aromatic amines is 2. The second-order valence-corrected chi connectivity index (χ2v) is 14.0. The lowest BCUT2D eigenvalue weighted by atomic mass is 9.87. The highest BCUT2D eigenvalue weighted by Gasteiger charge is 2.37. The summed E-state index contributed by atoms with van der Waals surface area (Å²) in [6.45, 7) is 5.03. The zero-order valence-electron chi connectivity index (χ0n) is 23.8. The fourth-order valence-corrected chi connectivity index (χ4v) is 8.98. The SMILES string of the molecule is NN(c1cccc2cc(C3=NCCS3)[nH]c12)C1CCN(C2CCNCC2)C(c2cccc3cc(C4=NCCS4)[nH]c23)C1. The molecule has 6 heterocycles. The summed E-state index contributed by atoms with van der Waals surface area (Å²) < 4.78 is 0. The molecule has 10 heteroatoms. The highest BCUT2D eigenvalue weighted by atomic mass is 32.2. The summed E-state index contributed by atoms with van der Waals surface area (Å²) in [6, 6.07) is 18.9. The van der Waals surface area contributed by atoms with Gasteiger partial charge in [0.25, 0.3) is 0 Å². The van der Waals surface area contributed by atoms with E-state index in [0.717, 1.165) is 89.8 Å². The minimum atomic E-state index is 0.225. The molecule has 4 aromatic rings. The monoisotopic (exact) mass is 598 g/mol. The quantitative estimate of drug-likeness (QED) is 0.178. The summed E-state index contributed by atoms with van der Waals surface area (Å²) in [5.41, 5.74) is 7.07. The van der Waals surface area contributed by atoms with E-state index in [4.69, 9.17) is 15.8 Å². The van der Waals surface area contributed by atoms with Crippen LogP contribution >= 0.6 is 23.5 Å². The van der Waals surface area contributed by atoms with Crippen LogP contribution in [0.25, 0.3) is 21.8 Å². The molecule has 0 bridgehead atoms. The molecule has 5 N–H and O–H groups in total. The standard InChI is InChI=1S/C32H38N8S2/c33-40(27-6-2-4-21-18-26(38-30(21)27)32-36-13-16-42-32)23-9-14-39(22-7-10-34-11-8-22)28(19-23)24-5-1-3-20-17-25(37-29(20)24)31-35-12-15-41-31/h1-6,17-18,22-23,28,34,37-38H,7-16,19,33H2. The van der Waals surface area contributed by atoms with Gasteiger partial charge < -0.3 is 20.3 Å². The molecule has 2 aromatic carbocycles. The molecular weight excluding hydrogens is 561 g/mol. The van der Waals surface area contributed by atoms with Crippen molar-refractivity contribution >= 4 is 61.1 Å². The molecule has 8 rings (SSSR count). The molecule has 2 fully saturated rings. The average Bonchev–Trinajstić information content (AvgIpc) is 3.86. The molecule has 2 aromatic heterocycles. The van der Waals surface area contributed by atoms with Gasteiger partial charge >= 0.3 is 0 Å². The number of para-hydroxylation sites is 2. The van der Waals surface area contributed by atoms with Crippen molar-refractivity contribution < 1.29 is 0 Å². The molecule has 0 spiro atoms. The smallest absolute Gasteiger partial charge is 0.114 e. The van der Waals surface area contributed by atoms with Crippen LogP contribution in [0.3, 0.4) is 0 Å². The van der Waals surface area contributed by atoms with Crippen molar-refractivity contribution in [2.24, 2.45) is 15.8 Å². The Hall–Kier alpha value is -2.76. The Morgan fingerprint density at radius 1 is 0.833 bits per heavy atom. The maximum atomic E-state index is 7.09. The van der Waals surface area contributed by atoms with Gasteiger partial charge in [0, 0.05) is 60.0 Å². The zero-order chi connectivity index (χ0) is 28.0. The van der Waals surface area contributed by atoms with Crippen molar-refractivity contribution in [1.82, 2.24) is 20.2 Å². The normalized spacial score (nSPS) is 24.0. The van der Waals surface area contributed by atoms with E-state index < -0.39 is 0 Å². The molecule has 42 heavy (non-hydrogen) atoms. The van der Waals surface area contributed by atoms with E-state index in [1.807, 2.05) is 23.5 Å². The number of piperidine rings is 2. The Morgan fingerprint density at radius 3 is 2.19 bits per heavy atom. The van der Waals surface area contributed by atoms with E-state index in [9.17, 15) is 0 Å². The summed E-state index contributed by atoms with van der Waals surface area (Å²) in [5, 5.41) is 10.3. The highest BCUT2D eigenvalue weighted by Crippen LogP contribution is 2.41. The number of H-pyrrole nitrogens is 2. The van der Waals surface area contributed by atoms with Crippen LogP contribution < -0.4 is 16.2 Å². The molecule has 0 aliphatic carbocycles. The Kier molecular flexibility index (Phi) is 7.28. The second kappa shape index (κ2) is 11.4. The van der Waals surface area contributed by atoms with Crippen LogP contribution in [0.15, 0.2) is 58.5 Å². The number of fused-ring (bicyclic) bond motifs is 2. The number of likely N-dealkylation sites (tertiary alicyclic amines) is 1. The largest absolute Gasteiger partial charge is 0.353 e. The van der Waals surface area contributed by atoms with Gasteiger partial charge in [-0.25, -0.2) is 5.84 Å². The van der Waals surface area contributed by atoms with Crippen molar-refractivity contribution in [3.63, 3.8) is 0 Å². The van der Waals surface area contributed by atoms with Crippen LogP contribution in [-0.4, -0.2) is 81.3 Å². The first kappa shape index (κ1) is 26.8. The Bertz CT molecular complexity index is 1670. The molecule has 4 aliphatic rings. The summed E-state index contributed by atoms with van der Waals surface area (Å²) in [7, 11) is 0. The third-order valence-electron chi connectivity index (χ3n) is 9.38. The molecule has 8 nitrogen and oxygen atoms in total. The molecule has 0 radical (unpaired) electrons. The Balaban J connectivity index is 1.14. The van der Waals surface area contributed by atoms with E-state index in [2.05, 4.69) is 73.7 Å². The molecule has 2 atom stereocenters. The minimum Gasteiger partial charge on any atom is -0.353 e. The van der Waals surface area contributed by atoms with Crippen molar-refractivity contribution in [2.75, 3.05) is 49.2 Å². The molecule has 218 valence electrons. The number of hydrogen-bond donors (Lipinski definition) is 4. The highest BCUT2D eigenvalue weighted by molar-refractivity contribution is 8.15. The van der Waals surface area contributed by atoms with Crippen LogP contribution in [0.4, 0.5) is 5.69 Å². The van der Waals surface area contributed by atoms with E-state index in [-0.39, 0.29) is 12.1 Å². The fraction of sp³-hybridized carbons (Fsp3) is 0.438. The predicted molar refractivity (Wildman–Crippen MR) is 179 cm³/mol. The number of aliphatic imine (C=N–C) groups is 2. The molecule has 4 aliphatic heterocycles. The van der Waals surface area contributed by atoms with Gasteiger partial charge in [0.15, 0.2) is 0 Å². The summed E-state index contributed by atoms with van der Waals surface area (Å²) >= 11 is 3.68. The predicted octanol–water partition coefficient (Wildman–Crippen LogP) is 5.27. The maximum absolute atomic E-state index is 7.09. The topological polar surface area (TPSA) is 101 Å². The molecule has 2 unspecified atom stereocenters. The van der Waals surface area contributed by atoms with E-state index in [1.165, 1.54) is 34.7 Å². The number of nitrogens with one attached hydrogen (secondary N) is 3. The lowest BCUT2D eigenvalue weighted by Crippen LogP contribution is -2.53. The van der Waals surface area contributed by atoms with Gasteiger partial charge in [-0.05, 0) is 62.5 Å². The Labute approximate surface area is 255 Å². The summed E-state index contributed by atoms with van der Waals surface area (Å²) in [4.78, 5) is 19.7. The first-order valence-electron chi connectivity index (χ1n) is 15.3. The van der Waals surface area contributed by atoms with Gasteiger partial charge in [0.05, 0.1) is 28.1 Å². The van der Waals surface area contributed by atoms with Crippen molar-refractivity contribution in [3.8, 4) is 0 Å². The summed E-state index contributed by atoms with van der Waals surface area (Å²) in [5.74, 6) is 9.21. The summed E-state index contributed by atoms with van der Waals surface area (Å²) in [6.07, 6.45) is 4.41. The van der Waals surface area contributed by atoms with E-state index >= 15 is 0 Å². The number of hydrazine groups is 1. The average molecular weight is 599 g/mol. The van der Waals surface area contributed by atoms with Gasteiger partial charge in [0.1, 0.15) is 10.1 Å². The fourth-order valence-electron chi connectivity index (χ4n) is 7.33. The van der Waals surface area contributed by atoms with Crippen LogP contribution in [0.5, 0.6) is 0 Å². The van der Waals surface area contributed by atoms with E-state index in [1.54, 1.807) is 0 Å². The van der Waals surface area contributed by atoms with Gasteiger partial charge in [0.2, 0.25) is 0 Å². The minimum absolute atomic E-state index is 0.225. The molecule has 2 saturated heterocycles. The second-order valence-electron chi connectivity index (χ2n) is 11.8. The lowest BCUT2D eigenvalue weighted by Gasteiger charge is -2.47. The first-order chi connectivity index (χ1) is 20.7. The lowest BCUT2D eigenvalue weighted by molar-refractivity contribution is 0.0671.